The van der Waals surface area contributed by atoms with Crippen molar-refractivity contribution in [3.05, 3.63) is 65.7 Å². The summed E-state index contributed by atoms with van der Waals surface area (Å²) in [5, 5.41) is 15.7. The van der Waals surface area contributed by atoms with Crippen LogP contribution in [0.5, 0.6) is 0 Å². The average molecular weight is 392 g/mol. The molecule has 0 spiro atoms. The van der Waals surface area contributed by atoms with Crippen LogP contribution >= 0.6 is 0 Å². The molecule has 0 heterocycles. The third-order valence-electron chi connectivity index (χ3n) is 4.72. The predicted octanol–water partition coefficient (Wildman–Crippen LogP) is 3.06. The summed E-state index contributed by atoms with van der Waals surface area (Å²) >= 11 is 0. The lowest BCUT2D eigenvalue weighted by atomic mass is 9.88. The molecule has 5 nitrogen and oxygen atoms in total. The fraction of sp³-hybridized carbons (Fsp3) is 0.300. The standard InChI is InChI=1S/C20H19F3N2O3/c21-20(22,23)15-8-10-16(11-9-15)25-18(27)17(26)24-12-19(28,14-6-7-14)13-4-2-1-3-5-13/h1-5,8-11,14,28H,6-7,12H2,(H,24,26)(H,25,27). The topological polar surface area (TPSA) is 78.4 Å². The average Bonchev–Trinajstić information content (AvgIpc) is 3.52. The first-order chi connectivity index (χ1) is 13.2. The molecule has 1 saturated carbocycles. The summed E-state index contributed by atoms with van der Waals surface area (Å²) in [6.45, 7) is -0.138. The Morgan fingerprint density at radius 1 is 0.929 bits per heavy atom. The van der Waals surface area contributed by atoms with Crippen LogP contribution in [0, 0.1) is 5.92 Å². The maximum atomic E-state index is 12.6. The van der Waals surface area contributed by atoms with Crippen molar-refractivity contribution in [3.8, 4) is 0 Å². The van der Waals surface area contributed by atoms with E-state index in [2.05, 4.69) is 10.6 Å². The SMILES string of the molecule is O=C(NCC(O)(c1ccccc1)C1CC1)C(=O)Nc1ccc(C(F)(F)F)cc1. The van der Waals surface area contributed by atoms with Crippen molar-refractivity contribution in [1.82, 2.24) is 5.32 Å². The molecule has 2 aromatic carbocycles. The molecule has 1 aliphatic rings. The molecule has 0 aromatic heterocycles. The summed E-state index contributed by atoms with van der Waals surface area (Å²) < 4.78 is 37.7. The number of alkyl halides is 3. The summed E-state index contributed by atoms with van der Waals surface area (Å²) in [4.78, 5) is 24.1. The smallest absolute Gasteiger partial charge is 0.383 e. The highest BCUT2D eigenvalue weighted by atomic mass is 19.4. The van der Waals surface area contributed by atoms with Gasteiger partial charge in [0.05, 0.1) is 12.1 Å². The maximum absolute atomic E-state index is 12.6. The van der Waals surface area contributed by atoms with E-state index in [0.29, 0.717) is 5.56 Å². The molecule has 1 atom stereocenters. The summed E-state index contributed by atoms with van der Waals surface area (Å²) in [6, 6.07) is 12.6. The monoisotopic (exact) mass is 392 g/mol. The molecule has 1 fully saturated rings. The third kappa shape index (κ3) is 4.51. The van der Waals surface area contributed by atoms with Crippen LogP contribution in [0.3, 0.4) is 0 Å². The minimum atomic E-state index is -4.48. The van der Waals surface area contributed by atoms with E-state index in [9.17, 15) is 27.9 Å². The van der Waals surface area contributed by atoms with E-state index in [1.807, 2.05) is 6.07 Å². The number of rotatable bonds is 5. The van der Waals surface area contributed by atoms with Gasteiger partial charge in [-0.3, -0.25) is 9.59 Å². The van der Waals surface area contributed by atoms with Crippen LogP contribution in [-0.2, 0) is 21.4 Å². The Labute approximate surface area is 159 Å². The first kappa shape index (κ1) is 19.9. The largest absolute Gasteiger partial charge is 0.416 e. The van der Waals surface area contributed by atoms with E-state index in [4.69, 9.17) is 0 Å². The predicted molar refractivity (Wildman–Crippen MR) is 96.1 cm³/mol. The van der Waals surface area contributed by atoms with Gasteiger partial charge in [0.15, 0.2) is 0 Å². The Kier molecular flexibility index (Phi) is 5.42. The van der Waals surface area contributed by atoms with Crippen molar-refractivity contribution in [2.45, 2.75) is 24.6 Å². The zero-order valence-electron chi connectivity index (χ0n) is 14.8. The van der Waals surface area contributed by atoms with Crippen LogP contribution in [0.15, 0.2) is 54.6 Å². The van der Waals surface area contributed by atoms with E-state index in [-0.39, 0.29) is 18.2 Å². The fourth-order valence-corrected chi connectivity index (χ4v) is 3.00. The number of hydrogen-bond donors (Lipinski definition) is 3. The Hall–Kier alpha value is -2.87. The van der Waals surface area contributed by atoms with Crippen LogP contribution in [0.2, 0.25) is 0 Å². The Morgan fingerprint density at radius 3 is 2.07 bits per heavy atom. The van der Waals surface area contributed by atoms with Gasteiger partial charge in [-0.15, -0.1) is 0 Å². The van der Waals surface area contributed by atoms with Crippen molar-refractivity contribution in [2.75, 3.05) is 11.9 Å². The van der Waals surface area contributed by atoms with Gasteiger partial charge in [0.2, 0.25) is 0 Å². The lowest BCUT2D eigenvalue weighted by molar-refractivity contribution is -0.137. The molecule has 8 heteroatoms. The number of hydrogen-bond acceptors (Lipinski definition) is 3. The second-order valence-electron chi connectivity index (χ2n) is 6.78. The van der Waals surface area contributed by atoms with Gasteiger partial charge < -0.3 is 15.7 Å². The van der Waals surface area contributed by atoms with E-state index in [0.717, 1.165) is 37.1 Å². The summed E-state index contributed by atoms with van der Waals surface area (Å²) in [6.07, 6.45) is -2.84. The molecule has 1 aliphatic carbocycles. The highest BCUT2D eigenvalue weighted by Gasteiger charge is 2.45. The number of anilines is 1. The number of aliphatic hydroxyl groups is 1. The van der Waals surface area contributed by atoms with Crippen molar-refractivity contribution in [1.29, 1.82) is 0 Å². The molecule has 3 N–H and O–H groups in total. The second-order valence-corrected chi connectivity index (χ2v) is 6.78. The van der Waals surface area contributed by atoms with Gasteiger partial charge in [0.1, 0.15) is 5.60 Å². The third-order valence-corrected chi connectivity index (χ3v) is 4.72. The summed E-state index contributed by atoms with van der Waals surface area (Å²) in [5.74, 6) is -2.01. The molecule has 2 amide bonds. The number of carbonyl (C=O) groups excluding carboxylic acids is 2. The lowest BCUT2D eigenvalue weighted by Gasteiger charge is -2.29. The molecule has 0 bridgehead atoms. The van der Waals surface area contributed by atoms with E-state index >= 15 is 0 Å². The summed E-state index contributed by atoms with van der Waals surface area (Å²) in [5.41, 5.74) is -1.41. The Balaban J connectivity index is 1.60. The zero-order valence-corrected chi connectivity index (χ0v) is 14.8. The van der Waals surface area contributed by atoms with E-state index in [1.165, 1.54) is 0 Å². The maximum Gasteiger partial charge on any atom is 0.416 e. The molecule has 28 heavy (non-hydrogen) atoms. The van der Waals surface area contributed by atoms with Crippen molar-refractivity contribution >= 4 is 17.5 Å². The van der Waals surface area contributed by atoms with Gasteiger partial charge in [0, 0.05) is 5.69 Å². The molecular weight excluding hydrogens is 373 g/mol. The van der Waals surface area contributed by atoms with Gasteiger partial charge in [-0.05, 0) is 48.6 Å². The van der Waals surface area contributed by atoms with E-state index < -0.39 is 29.2 Å². The van der Waals surface area contributed by atoms with Gasteiger partial charge in [-0.2, -0.15) is 13.2 Å². The minimum absolute atomic E-state index is 0.00632. The Morgan fingerprint density at radius 2 is 1.54 bits per heavy atom. The molecule has 148 valence electrons. The van der Waals surface area contributed by atoms with Gasteiger partial charge >= 0.3 is 18.0 Å². The van der Waals surface area contributed by atoms with Crippen LogP contribution in [-0.4, -0.2) is 23.5 Å². The van der Waals surface area contributed by atoms with E-state index in [1.54, 1.807) is 24.3 Å². The number of halogens is 3. The second kappa shape index (κ2) is 7.63. The molecule has 1 unspecified atom stereocenters. The van der Waals surface area contributed by atoms with Crippen LogP contribution in [0.4, 0.5) is 18.9 Å². The number of benzene rings is 2. The molecule has 0 aliphatic heterocycles. The van der Waals surface area contributed by atoms with Crippen LogP contribution in [0.25, 0.3) is 0 Å². The highest BCUT2D eigenvalue weighted by Crippen LogP contribution is 2.45. The molecular formula is C20H19F3N2O3. The Bertz CT molecular complexity index is 849. The number of carbonyl (C=O) groups is 2. The first-order valence-electron chi connectivity index (χ1n) is 8.74. The van der Waals surface area contributed by atoms with Crippen molar-refractivity contribution < 1.29 is 27.9 Å². The van der Waals surface area contributed by atoms with Crippen LogP contribution in [0.1, 0.15) is 24.0 Å². The lowest BCUT2D eigenvalue weighted by Crippen LogP contribution is -2.45. The van der Waals surface area contributed by atoms with Crippen LogP contribution < -0.4 is 10.6 Å². The van der Waals surface area contributed by atoms with Crippen molar-refractivity contribution in [3.63, 3.8) is 0 Å². The normalized spacial score (nSPS) is 16.1. The number of nitrogens with one attached hydrogen (secondary N) is 2. The first-order valence-corrected chi connectivity index (χ1v) is 8.74. The van der Waals surface area contributed by atoms with Gasteiger partial charge in [0.25, 0.3) is 0 Å². The fourth-order valence-electron chi connectivity index (χ4n) is 3.00. The summed E-state index contributed by atoms with van der Waals surface area (Å²) in [7, 11) is 0. The molecule has 0 radical (unpaired) electrons. The molecule has 3 rings (SSSR count). The van der Waals surface area contributed by atoms with Gasteiger partial charge in [-0.25, -0.2) is 0 Å². The van der Waals surface area contributed by atoms with Crippen molar-refractivity contribution in [2.24, 2.45) is 5.92 Å². The highest BCUT2D eigenvalue weighted by molar-refractivity contribution is 6.39. The quantitative estimate of drug-likeness (QED) is 0.685. The molecule has 0 saturated heterocycles. The number of amides is 2. The zero-order chi connectivity index (χ0) is 20.4. The molecule has 2 aromatic rings. The van der Waals surface area contributed by atoms with Gasteiger partial charge in [-0.1, -0.05) is 30.3 Å². The minimum Gasteiger partial charge on any atom is -0.383 e.